The summed E-state index contributed by atoms with van der Waals surface area (Å²) < 4.78 is 0. The molecule has 1 aliphatic heterocycles. The minimum Gasteiger partial charge on any atom is -0.374 e. The van der Waals surface area contributed by atoms with Gasteiger partial charge in [0.15, 0.2) is 0 Å². The van der Waals surface area contributed by atoms with Crippen LogP contribution in [0, 0.1) is 0 Å². The first-order chi connectivity index (χ1) is 9.70. The Bertz CT molecular complexity index is 424. The molecule has 4 nitrogen and oxygen atoms in total. The van der Waals surface area contributed by atoms with Crippen LogP contribution in [0.2, 0.25) is 0 Å². The molecule has 1 aromatic carbocycles. The Labute approximate surface area is 121 Å². The fourth-order valence-corrected chi connectivity index (χ4v) is 2.46. The number of carbonyl (C=O) groups excluding carboxylic acids is 1. The third-order valence-corrected chi connectivity index (χ3v) is 3.66. The summed E-state index contributed by atoms with van der Waals surface area (Å²) in [6.45, 7) is 6.98. The molecule has 2 rings (SSSR count). The van der Waals surface area contributed by atoms with E-state index in [-0.39, 0.29) is 11.9 Å². The average Bonchev–Trinajstić information content (AvgIpc) is 2.99. The van der Waals surface area contributed by atoms with E-state index in [2.05, 4.69) is 46.7 Å². The number of anilines is 2. The topological polar surface area (TPSA) is 44.4 Å². The normalized spacial score (nSPS) is 16.0. The van der Waals surface area contributed by atoms with E-state index in [4.69, 9.17) is 0 Å². The summed E-state index contributed by atoms with van der Waals surface area (Å²) in [5.74, 6) is 0.0514. The smallest absolute Gasteiger partial charge is 0.242 e. The highest BCUT2D eigenvalue weighted by Gasteiger charge is 2.13. The number of rotatable bonds is 6. The Morgan fingerprint density at radius 3 is 2.50 bits per heavy atom. The highest BCUT2D eigenvalue weighted by atomic mass is 16.2. The Balaban J connectivity index is 1.88. The summed E-state index contributed by atoms with van der Waals surface area (Å²) in [4.78, 5) is 14.2. The molecule has 4 heteroatoms. The Kier molecular flexibility index (Phi) is 5.27. The van der Waals surface area contributed by atoms with Gasteiger partial charge in [-0.2, -0.15) is 0 Å². The van der Waals surface area contributed by atoms with Crippen LogP contribution >= 0.6 is 0 Å². The maximum Gasteiger partial charge on any atom is 0.242 e. The van der Waals surface area contributed by atoms with Gasteiger partial charge in [0.25, 0.3) is 0 Å². The highest BCUT2D eigenvalue weighted by Crippen LogP contribution is 2.22. The van der Waals surface area contributed by atoms with Crippen LogP contribution in [0.1, 0.15) is 33.1 Å². The summed E-state index contributed by atoms with van der Waals surface area (Å²) in [6, 6.07) is 8.16. The number of benzene rings is 1. The van der Waals surface area contributed by atoms with E-state index < -0.39 is 0 Å². The lowest BCUT2D eigenvalue weighted by Crippen LogP contribution is -2.37. The quantitative estimate of drug-likeness (QED) is 0.839. The number of hydrogen-bond acceptors (Lipinski definition) is 3. The Hall–Kier alpha value is -1.71. The lowest BCUT2D eigenvalue weighted by Gasteiger charge is -2.19. The minimum atomic E-state index is -0.209. The highest BCUT2D eigenvalue weighted by molar-refractivity contribution is 5.84. The second-order valence-corrected chi connectivity index (χ2v) is 5.40. The zero-order valence-corrected chi connectivity index (χ0v) is 12.5. The van der Waals surface area contributed by atoms with Crippen molar-refractivity contribution in [2.75, 3.05) is 29.9 Å². The van der Waals surface area contributed by atoms with Gasteiger partial charge in [-0.25, -0.2) is 0 Å². The van der Waals surface area contributed by atoms with Gasteiger partial charge < -0.3 is 15.5 Å². The monoisotopic (exact) mass is 275 g/mol. The predicted octanol–water partition coefficient (Wildman–Crippen LogP) is 2.61. The first-order valence-electron chi connectivity index (χ1n) is 7.60. The molecule has 0 saturated carbocycles. The molecule has 1 heterocycles. The molecule has 0 bridgehead atoms. The molecule has 1 saturated heterocycles. The lowest BCUT2D eigenvalue weighted by molar-refractivity contribution is -0.121. The van der Waals surface area contributed by atoms with Crippen molar-refractivity contribution in [2.45, 2.75) is 39.2 Å². The van der Waals surface area contributed by atoms with Crippen LogP contribution in [0.5, 0.6) is 0 Å². The van der Waals surface area contributed by atoms with Crippen LogP contribution in [0.15, 0.2) is 24.3 Å². The molecular formula is C16H25N3O. The van der Waals surface area contributed by atoms with E-state index in [1.807, 2.05) is 6.92 Å². The molecule has 110 valence electrons. The van der Waals surface area contributed by atoms with Gasteiger partial charge in [-0.1, -0.05) is 6.92 Å². The standard InChI is InChI=1S/C16H25N3O/c1-3-10-17-16(20)13(2)18-14-6-8-15(9-7-14)19-11-4-5-12-19/h6-9,13,18H,3-5,10-12H2,1-2H3,(H,17,20). The summed E-state index contributed by atoms with van der Waals surface area (Å²) in [5.41, 5.74) is 2.27. The lowest BCUT2D eigenvalue weighted by atomic mass is 10.2. The molecule has 1 atom stereocenters. The number of nitrogens with one attached hydrogen (secondary N) is 2. The maximum absolute atomic E-state index is 11.8. The van der Waals surface area contributed by atoms with Crippen molar-refractivity contribution in [3.8, 4) is 0 Å². The maximum atomic E-state index is 11.8. The van der Waals surface area contributed by atoms with Crippen LogP contribution in [0.25, 0.3) is 0 Å². The molecule has 0 radical (unpaired) electrons. The number of amides is 1. The zero-order valence-electron chi connectivity index (χ0n) is 12.5. The Morgan fingerprint density at radius 2 is 1.90 bits per heavy atom. The van der Waals surface area contributed by atoms with E-state index in [0.717, 1.165) is 31.7 Å². The summed E-state index contributed by atoms with van der Waals surface area (Å²) in [6.07, 6.45) is 3.53. The zero-order chi connectivity index (χ0) is 14.4. The number of nitrogens with zero attached hydrogens (tertiary/aromatic N) is 1. The summed E-state index contributed by atoms with van der Waals surface area (Å²) in [7, 11) is 0. The van der Waals surface area contributed by atoms with E-state index in [0.29, 0.717) is 0 Å². The molecule has 0 aliphatic carbocycles. The third-order valence-electron chi connectivity index (χ3n) is 3.66. The van der Waals surface area contributed by atoms with Crippen molar-refractivity contribution in [3.63, 3.8) is 0 Å². The van der Waals surface area contributed by atoms with Crippen molar-refractivity contribution in [2.24, 2.45) is 0 Å². The molecule has 1 fully saturated rings. The average molecular weight is 275 g/mol. The largest absolute Gasteiger partial charge is 0.374 e. The van der Waals surface area contributed by atoms with E-state index in [9.17, 15) is 4.79 Å². The molecule has 1 amide bonds. The third kappa shape index (κ3) is 3.89. The van der Waals surface area contributed by atoms with Crippen molar-refractivity contribution in [3.05, 3.63) is 24.3 Å². The van der Waals surface area contributed by atoms with E-state index in [1.54, 1.807) is 0 Å². The fourth-order valence-electron chi connectivity index (χ4n) is 2.46. The van der Waals surface area contributed by atoms with Gasteiger partial charge in [0.1, 0.15) is 6.04 Å². The molecule has 0 aromatic heterocycles. The van der Waals surface area contributed by atoms with E-state index in [1.165, 1.54) is 18.5 Å². The van der Waals surface area contributed by atoms with Gasteiger partial charge in [0.2, 0.25) is 5.91 Å². The molecule has 0 spiro atoms. The second-order valence-electron chi connectivity index (χ2n) is 5.40. The summed E-state index contributed by atoms with van der Waals surface area (Å²) in [5, 5.41) is 6.14. The van der Waals surface area contributed by atoms with Gasteiger partial charge in [-0.3, -0.25) is 4.79 Å². The van der Waals surface area contributed by atoms with Gasteiger partial charge in [0.05, 0.1) is 0 Å². The van der Waals surface area contributed by atoms with Crippen molar-refractivity contribution >= 4 is 17.3 Å². The van der Waals surface area contributed by atoms with Gasteiger partial charge in [0, 0.05) is 31.0 Å². The van der Waals surface area contributed by atoms with Crippen molar-refractivity contribution in [1.82, 2.24) is 5.32 Å². The molecule has 20 heavy (non-hydrogen) atoms. The SMILES string of the molecule is CCCNC(=O)C(C)Nc1ccc(N2CCCC2)cc1. The molecule has 1 aromatic rings. The van der Waals surface area contributed by atoms with Crippen LogP contribution < -0.4 is 15.5 Å². The van der Waals surface area contributed by atoms with Gasteiger partial charge in [-0.05, 0) is 50.5 Å². The van der Waals surface area contributed by atoms with Crippen LogP contribution in [-0.2, 0) is 4.79 Å². The van der Waals surface area contributed by atoms with Crippen LogP contribution in [-0.4, -0.2) is 31.6 Å². The second kappa shape index (κ2) is 7.17. The van der Waals surface area contributed by atoms with Crippen molar-refractivity contribution in [1.29, 1.82) is 0 Å². The Morgan fingerprint density at radius 1 is 1.25 bits per heavy atom. The first-order valence-corrected chi connectivity index (χ1v) is 7.60. The predicted molar refractivity (Wildman–Crippen MR) is 84.3 cm³/mol. The molecule has 2 N–H and O–H groups in total. The molecule has 1 aliphatic rings. The van der Waals surface area contributed by atoms with Crippen LogP contribution in [0.4, 0.5) is 11.4 Å². The number of carbonyl (C=O) groups is 1. The first kappa shape index (κ1) is 14.7. The minimum absolute atomic E-state index is 0.0514. The molecular weight excluding hydrogens is 250 g/mol. The van der Waals surface area contributed by atoms with Gasteiger partial charge >= 0.3 is 0 Å². The fraction of sp³-hybridized carbons (Fsp3) is 0.562. The number of hydrogen-bond donors (Lipinski definition) is 2. The van der Waals surface area contributed by atoms with Gasteiger partial charge in [-0.15, -0.1) is 0 Å². The van der Waals surface area contributed by atoms with Crippen LogP contribution in [0.3, 0.4) is 0 Å². The van der Waals surface area contributed by atoms with E-state index >= 15 is 0 Å². The van der Waals surface area contributed by atoms with Crippen molar-refractivity contribution < 1.29 is 4.79 Å². The summed E-state index contributed by atoms with van der Waals surface area (Å²) >= 11 is 0. The molecule has 1 unspecified atom stereocenters.